The summed E-state index contributed by atoms with van der Waals surface area (Å²) in [6.45, 7) is 5.17. The Kier molecular flexibility index (Phi) is 5.16. The number of aromatic amines is 1. The largest absolute Gasteiger partial charge is 0.339 e. The van der Waals surface area contributed by atoms with E-state index in [2.05, 4.69) is 19.7 Å². The minimum absolute atomic E-state index is 0.00988. The number of aromatic nitrogens is 4. The maximum Gasteiger partial charge on any atom is 0.216 e. The Morgan fingerprint density at radius 3 is 2.38 bits per heavy atom. The highest BCUT2D eigenvalue weighted by molar-refractivity contribution is 7.90. The third-order valence-electron chi connectivity index (χ3n) is 5.53. The fourth-order valence-corrected chi connectivity index (χ4v) is 4.65. The first-order valence-electron chi connectivity index (χ1n) is 10.0. The van der Waals surface area contributed by atoms with Crippen LogP contribution in [0.2, 0.25) is 0 Å². The van der Waals surface area contributed by atoms with Gasteiger partial charge in [0.05, 0.1) is 10.9 Å². The van der Waals surface area contributed by atoms with Crippen molar-refractivity contribution in [1.82, 2.24) is 24.7 Å². The Bertz CT molecular complexity index is 1100. The van der Waals surface area contributed by atoms with Gasteiger partial charge in [-0.15, -0.1) is 0 Å². The van der Waals surface area contributed by atoms with Gasteiger partial charge in [0.1, 0.15) is 11.3 Å². The molecule has 2 aromatic heterocycles. The van der Waals surface area contributed by atoms with Crippen LogP contribution in [0.15, 0.2) is 36.5 Å². The lowest BCUT2D eigenvalue weighted by Gasteiger charge is -2.30. The van der Waals surface area contributed by atoms with E-state index < -0.39 is 14.8 Å². The Balaban J connectivity index is 1.46. The van der Waals surface area contributed by atoms with Gasteiger partial charge in [-0.3, -0.25) is 0 Å². The van der Waals surface area contributed by atoms with Crippen molar-refractivity contribution in [1.29, 1.82) is 0 Å². The summed E-state index contributed by atoms with van der Waals surface area (Å²) in [5, 5.41) is 0. The molecule has 0 aliphatic heterocycles. The van der Waals surface area contributed by atoms with Crippen LogP contribution in [-0.4, -0.2) is 39.1 Å². The quantitative estimate of drug-likeness (QED) is 0.678. The molecule has 0 bridgehead atoms. The average molecular weight is 414 g/mol. The van der Waals surface area contributed by atoms with Gasteiger partial charge in [0, 0.05) is 17.5 Å². The van der Waals surface area contributed by atoms with Gasteiger partial charge in [0.25, 0.3) is 0 Å². The molecule has 4 rings (SSSR count). The zero-order chi connectivity index (χ0) is 20.6. The molecule has 1 saturated carbocycles. The highest BCUT2D eigenvalue weighted by atomic mass is 32.2. The summed E-state index contributed by atoms with van der Waals surface area (Å²) >= 11 is 0. The second kappa shape index (κ2) is 7.50. The number of nitrogens with zero attached hydrogens (tertiary/aromatic N) is 3. The standard InChI is InChI=1S/C21H27N5O2S/c1-21(2,3)29(27,28)26-16-11-9-15(10-12-16)19-23-17-13-22-18(24-20(17)25-19)14-7-5-4-6-8-14/h4-8,13,15-16,26H,9-12H2,1-3H3,(H,22,23,24,25). The molecule has 2 heterocycles. The fourth-order valence-electron chi connectivity index (χ4n) is 3.63. The monoisotopic (exact) mass is 413 g/mol. The number of H-pyrrole nitrogens is 1. The minimum Gasteiger partial charge on any atom is -0.339 e. The van der Waals surface area contributed by atoms with Crippen LogP contribution in [0.25, 0.3) is 22.6 Å². The molecule has 0 atom stereocenters. The number of hydrogen-bond acceptors (Lipinski definition) is 5. The average Bonchev–Trinajstić information content (AvgIpc) is 3.11. The Labute approximate surface area is 171 Å². The van der Waals surface area contributed by atoms with E-state index in [1.54, 1.807) is 27.0 Å². The second-order valence-electron chi connectivity index (χ2n) is 8.70. The number of nitrogens with one attached hydrogen (secondary N) is 2. The summed E-state index contributed by atoms with van der Waals surface area (Å²) < 4.78 is 26.9. The molecule has 1 aromatic carbocycles. The van der Waals surface area contributed by atoms with E-state index >= 15 is 0 Å². The summed E-state index contributed by atoms with van der Waals surface area (Å²) in [5.41, 5.74) is 2.46. The molecule has 1 aliphatic carbocycles. The van der Waals surface area contributed by atoms with Crippen molar-refractivity contribution in [3.8, 4) is 11.4 Å². The van der Waals surface area contributed by atoms with Crippen molar-refractivity contribution in [2.24, 2.45) is 0 Å². The molecule has 29 heavy (non-hydrogen) atoms. The smallest absolute Gasteiger partial charge is 0.216 e. The third kappa shape index (κ3) is 4.18. The topological polar surface area (TPSA) is 101 Å². The van der Waals surface area contributed by atoms with Gasteiger partial charge in [0.2, 0.25) is 10.0 Å². The highest BCUT2D eigenvalue weighted by Crippen LogP contribution is 2.33. The van der Waals surface area contributed by atoms with Crippen LogP contribution in [0.1, 0.15) is 58.2 Å². The molecule has 1 aliphatic rings. The SMILES string of the molecule is CC(C)(C)S(=O)(=O)NC1CCC(c2nc3nc(-c4ccccc4)ncc3[nH]2)CC1. The third-order valence-corrected chi connectivity index (χ3v) is 7.79. The van der Waals surface area contributed by atoms with E-state index in [4.69, 9.17) is 4.98 Å². The van der Waals surface area contributed by atoms with E-state index in [0.29, 0.717) is 11.5 Å². The summed E-state index contributed by atoms with van der Waals surface area (Å²) in [7, 11) is -3.32. The molecule has 0 amide bonds. The molecule has 154 valence electrons. The summed E-state index contributed by atoms with van der Waals surface area (Å²) in [5.74, 6) is 1.85. The lowest BCUT2D eigenvalue weighted by molar-refractivity contribution is 0.364. The van der Waals surface area contributed by atoms with Crippen LogP contribution in [0.5, 0.6) is 0 Å². The van der Waals surface area contributed by atoms with Crippen molar-refractivity contribution in [3.63, 3.8) is 0 Å². The summed E-state index contributed by atoms with van der Waals surface area (Å²) in [6, 6.07) is 9.84. The first kappa shape index (κ1) is 20.0. The number of hydrogen-bond donors (Lipinski definition) is 2. The van der Waals surface area contributed by atoms with Gasteiger partial charge in [0.15, 0.2) is 11.5 Å². The molecule has 2 N–H and O–H groups in total. The van der Waals surface area contributed by atoms with Crippen LogP contribution in [0.3, 0.4) is 0 Å². The van der Waals surface area contributed by atoms with Crippen molar-refractivity contribution in [2.45, 2.75) is 63.2 Å². The van der Waals surface area contributed by atoms with Crippen LogP contribution in [-0.2, 0) is 10.0 Å². The van der Waals surface area contributed by atoms with E-state index in [-0.39, 0.29) is 12.0 Å². The molecule has 3 aromatic rings. The molecular formula is C21H27N5O2S. The normalized spacial score (nSPS) is 20.8. The van der Waals surface area contributed by atoms with Gasteiger partial charge in [-0.25, -0.2) is 28.1 Å². The van der Waals surface area contributed by atoms with Crippen LogP contribution >= 0.6 is 0 Å². The highest BCUT2D eigenvalue weighted by Gasteiger charge is 2.33. The molecule has 0 spiro atoms. The Hall–Kier alpha value is -2.32. The van der Waals surface area contributed by atoms with Crippen molar-refractivity contribution >= 4 is 21.2 Å². The number of benzene rings is 1. The van der Waals surface area contributed by atoms with Gasteiger partial charge in [-0.05, 0) is 46.5 Å². The van der Waals surface area contributed by atoms with Crippen LogP contribution in [0, 0.1) is 0 Å². The van der Waals surface area contributed by atoms with Crippen molar-refractivity contribution in [2.75, 3.05) is 0 Å². The Morgan fingerprint density at radius 1 is 1.03 bits per heavy atom. The molecule has 0 unspecified atom stereocenters. The second-order valence-corrected chi connectivity index (χ2v) is 11.2. The zero-order valence-corrected chi connectivity index (χ0v) is 17.8. The predicted molar refractivity (Wildman–Crippen MR) is 114 cm³/mol. The molecule has 7 nitrogen and oxygen atoms in total. The first-order chi connectivity index (χ1) is 13.7. The predicted octanol–water partition coefficient (Wildman–Crippen LogP) is 3.76. The van der Waals surface area contributed by atoms with Crippen molar-refractivity contribution < 1.29 is 8.42 Å². The van der Waals surface area contributed by atoms with Gasteiger partial charge < -0.3 is 4.98 Å². The summed E-state index contributed by atoms with van der Waals surface area (Å²) in [6.07, 6.45) is 5.16. The minimum atomic E-state index is -3.32. The van der Waals surface area contributed by atoms with E-state index in [0.717, 1.165) is 42.6 Å². The van der Waals surface area contributed by atoms with Crippen LogP contribution < -0.4 is 4.72 Å². The van der Waals surface area contributed by atoms with E-state index in [1.807, 2.05) is 30.3 Å². The maximum atomic E-state index is 12.4. The molecular weight excluding hydrogens is 386 g/mol. The molecule has 8 heteroatoms. The molecule has 1 fully saturated rings. The number of imidazole rings is 1. The van der Waals surface area contributed by atoms with Gasteiger partial charge >= 0.3 is 0 Å². The molecule has 0 radical (unpaired) electrons. The van der Waals surface area contributed by atoms with Crippen LogP contribution in [0.4, 0.5) is 0 Å². The van der Waals surface area contributed by atoms with E-state index in [9.17, 15) is 8.42 Å². The lowest BCUT2D eigenvalue weighted by atomic mass is 9.86. The zero-order valence-electron chi connectivity index (χ0n) is 17.0. The van der Waals surface area contributed by atoms with Gasteiger partial charge in [-0.1, -0.05) is 30.3 Å². The fraction of sp³-hybridized carbons (Fsp3) is 0.476. The molecule has 0 saturated heterocycles. The Morgan fingerprint density at radius 2 is 1.72 bits per heavy atom. The van der Waals surface area contributed by atoms with Gasteiger partial charge in [-0.2, -0.15) is 0 Å². The summed E-state index contributed by atoms with van der Waals surface area (Å²) in [4.78, 5) is 17.1. The lowest BCUT2D eigenvalue weighted by Crippen LogP contribution is -2.45. The van der Waals surface area contributed by atoms with Crippen molar-refractivity contribution in [3.05, 3.63) is 42.4 Å². The number of sulfonamides is 1. The first-order valence-corrected chi connectivity index (χ1v) is 11.5. The maximum absolute atomic E-state index is 12.4. The number of fused-ring (bicyclic) bond motifs is 1. The number of rotatable bonds is 4. The van der Waals surface area contributed by atoms with E-state index in [1.165, 1.54) is 0 Å².